The molecule has 1 N–H and O–H groups in total. The van der Waals surface area contributed by atoms with E-state index in [1.807, 2.05) is 37.1 Å². The van der Waals surface area contributed by atoms with Crippen LogP contribution >= 0.6 is 11.6 Å². The van der Waals surface area contributed by atoms with Gasteiger partial charge in [0.15, 0.2) is 0 Å². The summed E-state index contributed by atoms with van der Waals surface area (Å²) in [5.41, 5.74) is 2.04. The van der Waals surface area contributed by atoms with Crippen LogP contribution in [0.25, 0.3) is 0 Å². The van der Waals surface area contributed by atoms with Crippen LogP contribution < -0.4 is 10.2 Å². The van der Waals surface area contributed by atoms with Gasteiger partial charge in [-0.15, -0.1) is 0 Å². The van der Waals surface area contributed by atoms with Gasteiger partial charge in [0, 0.05) is 27.2 Å². The van der Waals surface area contributed by atoms with Gasteiger partial charge in [-0.1, -0.05) is 23.7 Å². The summed E-state index contributed by atoms with van der Waals surface area (Å²) in [6, 6.07) is 5.82. The fourth-order valence-corrected chi connectivity index (χ4v) is 2.21. The molecule has 0 heterocycles. The zero-order valence-electron chi connectivity index (χ0n) is 12.0. The minimum Gasteiger partial charge on any atom is -0.361 e. The molecule has 0 bridgehead atoms. The molecule has 0 atom stereocenters. The molecule has 0 aliphatic rings. The molecule has 19 heavy (non-hydrogen) atoms. The number of para-hydroxylation sites is 1. The van der Waals surface area contributed by atoms with Gasteiger partial charge in [-0.3, -0.25) is 4.79 Å². The molecule has 0 aromatic heterocycles. The third-order valence-electron chi connectivity index (χ3n) is 2.96. The Hall–Kier alpha value is -1.26. The van der Waals surface area contributed by atoms with Crippen molar-refractivity contribution >= 4 is 23.2 Å². The number of carbonyl (C=O) groups is 1. The largest absolute Gasteiger partial charge is 0.361 e. The first kappa shape index (κ1) is 15.8. The van der Waals surface area contributed by atoms with E-state index in [2.05, 4.69) is 5.32 Å². The Bertz CT molecular complexity index is 435. The Morgan fingerprint density at radius 2 is 2.05 bits per heavy atom. The highest BCUT2D eigenvalue weighted by atomic mass is 35.5. The first-order valence-corrected chi connectivity index (χ1v) is 6.76. The first-order chi connectivity index (χ1) is 9.01. The van der Waals surface area contributed by atoms with Crippen LogP contribution in [0.3, 0.4) is 0 Å². The summed E-state index contributed by atoms with van der Waals surface area (Å²) in [4.78, 5) is 15.5. The molecule has 4 nitrogen and oxygen atoms in total. The minimum absolute atomic E-state index is 0.0668. The summed E-state index contributed by atoms with van der Waals surface area (Å²) in [6.45, 7) is 3.82. The van der Waals surface area contributed by atoms with Gasteiger partial charge in [0.25, 0.3) is 0 Å². The first-order valence-electron chi connectivity index (χ1n) is 6.38. The van der Waals surface area contributed by atoms with Crippen LogP contribution in [0.1, 0.15) is 12.5 Å². The summed E-state index contributed by atoms with van der Waals surface area (Å²) >= 11 is 6.31. The lowest BCUT2D eigenvalue weighted by Gasteiger charge is -2.27. The van der Waals surface area contributed by atoms with Crippen molar-refractivity contribution in [2.75, 3.05) is 39.1 Å². The van der Waals surface area contributed by atoms with Crippen LogP contribution in [0.15, 0.2) is 18.2 Å². The molecule has 1 aromatic rings. The average molecular weight is 284 g/mol. The van der Waals surface area contributed by atoms with Crippen molar-refractivity contribution in [1.29, 1.82) is 0 Å². The maximum absolute atomic E-state index is 11.9. The maximum Gasteiger partial charge on any atom is 0.241 e. The van der Waals surface area contributed by atoms with Crippen molar-refractivity contribution in [2.24, 2.45) is 0 Å². The molecule has 0 unspecified atom stereocenters. The van der Waals surface area contributed by atoms with Crippen molar-refractivity contribution < 1.29 is 4.79 Å². The normalized spacial score (nSPS) is 10.4. The SMILES string of the molecule is CCN(CC(=O)N(C)C)c1c(Cl)cccc1CNC. The number of amides is 1. The van der Waals surface area contributed by atoms with E-state index in [0.717, 1.165) is 24.3 Å². The van der Waals surface area contributed by atoms with Crippen molar-refractivity contribution in [3.05, 3.63) is 28.8 Å². The van der Waals surface area contributed by atoms with Gasteiger partial charge < -0.3 is 15.1 Å². The van der Waals surface area contributed by atoms with E-state index in [1.165, 1.54) is 0 Å². The van der Waals surface area contributed by atoms with E-state index < -0.39 is 0 Å². The van der Waals surface area contributed by atoms with Crippen molar-refractivity contribution in [3.63, 3.8) is 0 Å². The molecule has 1 amide bonds. The van der Waals surface area contributed by atoms with Crippen molar-refractivity contribution in [3.8, 4) is 0 Å². The van der Waals surface area contributed by atoms with Gasteiger partial charge in [-0.25, -0.2) is 0 Å². The van der Waals surface area contributed by atoms with Gasteiger partial charge >= 0.3 is 0 Å². The molecule has 1 aromatic carbocycles. The van der Waals surface area contributed by atoms with E-state index >= 15 is 0 Å². The number of hydrogen-bond acceptors (Lipinski definition) is 3. The summed E-state index contributed by atoms with van der Waals surface area (Å²) in [7, 11) is 5.42. The lowest BCUT2D eigenvalue weighted by molar-refractivity contribution is -0.127. The predicted octanol–water partition coefficient (Wildman–Crippen LogP) is 1.97. The van der Waals surface area contributed by atoms with Gasteiger partial charge in [-0.2, -0.15) is 0 Å². The van der Waals surface area contributed by atoms with E-state index in [0.29, 0.717) is 11.6 Å². The molecule has 5 heteroatoms. The van der Waals surface area contributed by atoms with Crippen LogP contribution in [-0.2, 0) is 11.3 Å². The van der Waals surface area contributed by atoms with Crippen molar-refractivity contribution in [1.82, 2.24) is 10.2 Å². The van der Waals surface area contributed by atoms with E-state index in [-0.39, 0.29) is 5.91 Å². The van der Waals surface area contributed by atoms with Gasteiger partial charge in [-0.05, 0) is 25.6 Å². The highest BCUT2D eigenvalue weighted by molar-refractivity contribution is 6.33. The second-order valence-corrected chi connectivity index (χ2v) is 4.99. The second-order valence-electron chi connectivity index (χ2n) is 4.58. The maximum atomic E-state index is 11.9. The molecule has 0 saturated heterocycles. The van der Waals surface area contributed by atoms with Gasteiger partial charge in [0.1, 0.15) is 0 Å². The average Bonchev–Trinajstić information content (AvgIpc) is 2.37. The lowest BCUT2D eigenvalue weighted by Crippen LogP contribution is -2.37. The molecular weight excluding hydrogens is 262 g/mol. The summed E-state index contributed by atoms with van der Waals surface area (Å²) < 4.78 is 0. The second kappa shape index (κ2) is 7.36. The molecule has 0 radical (unpaired) electrons. The van der Waals surface area contributed by atoms with Crippen LogP contribution in [0.4, 0.5) is 5.69 Å². The highest BCUT2D eigenvalue weighted by Gasteiger charge is 2.17. The summed E-state index contributed by atoms with van der Waals surface area (Å²) in [5, 5.41) is 3.81. The zero-order chi connectivity index (χ0) is 14.4. The van der Waals surface area contributed by atoms with E-state index in [1.54, 1.807) is 19.0 Å². The Morgan fingerprint density at radius 1 is 1.37 bits per heavy atom. The molecular formula is C14H22ClN3O. The highest BCUT2D eigenvalue weighted by Crippen LogP contribution is 2.29. The predicted molar refractivity (Wildman–Crippen MR) is 80.8 cm³/mol. The number of hydrogen-bond donors (Lipinski definition) is 1. The molecule has 0 fully saturated rings. The number of carbonyl (C=O) groups excluding carboxylic acids is 1. The number of rotatable bonds is 6. The molecule has 0 aliphatic carbocycles. The monoisotopic (exact) mass is 283 g/mol. The quantitative estimate of drug-likeness (QED) is 0.867. The number of nitrogens with one attached hydrogen (secondary N) is 1. The number of nitrogens with zero attached hydrogens (tertiary/aromatic N) is 2. The van der Waals surface area contributed by atoms with Crippen molar-refractivity contribution in [2.45, 2.75) is 13.5 Å². The molecule has 0 spiro atoms. The number of halogens is 1. The zero-order valence-corrected chi connectivity index (χ0v) is 12.8. The Kier molecular flexibility index (Phi) is 6.12. The van der Waals surface area contributed by atoms with Crippen LogP contribution in [0.5, 0.6) is 0 Å². The van der Waals surface area contributed by atoms with Crippen LogP contribution in [0.2, 0.25) is 5.02 Å². The third kappa shape index (κ3) is 4.11. The minimum atomic E-state index is 0.0668. The fourth-order valence-electron chi connectivity index (χ4n) is 1.90. The smallest absolute Gasteiger partial charge is 0.241 e. The van der Waals surface area contributed by atoms with E-state index in [9.17, 15) is 4.79 Å². The number of benzene rings is 1. The van der Waals surface area contributed by atoms with E-state index in [4.69, 9.17) is 11.6 Å². The standard InChI is InChI=1S/C14H22ClN3O/c1-5-18(10-13(19)17(3)4)14-11(9-16-2)7-6-8-12(14)15/h6-8,16H,5,9-10H2,1-4H3. The third-order valence-corrected chi connectivity index (χ3v) is 3.27. The van der Waals surface area contributed by atoms with Crippen LogP contribution in [-0.4, -0.2) is 45.0 Å². The molecule has 0 aliphatic heterocycles. The molecule has 106 valence electrons. The van der Waals surface area contributed by atoms with Crippen LogP contribution in [0, 0.1) is 0 Å². The molecule has 0 saturated carbocycles. The Balaban J connectivity index is 3.06. The fraction of sp³-hybridized carbons (Fsp3) is 0.500. The van der Waals surface area contributed by atoms with Gasteiger partial charge in [0.2, 0.25) is 5.91 Å². The Labute approximate surface area is 120 Å². The number of anilines is 1. The lowest BCUT2D eigenvalue weighted by atomic mass is 10.1. The summed E-state index contributed by atoms with van der Waals surface area (Å²) in [5.74, 6) is 0.0668. The Morgan fingerprint density at radius 3 is 2.58 bits per heavy atom. The topological polar surface area (TPSA) is 35.6 Å². The number of likely N-dealkylation sites (N-methyl/N-ethyl adjacent to an activating group) is 2. The molecule has 1 rings (SSSR count). The summed E-state index contributed by atoms with van der Waals surface area (Å²) in [6.07, 6.45) is 0. The van der Waals surface area contributed by atoms with Gasteiger partial charge in [0.05, 0.1) is 17.3 Å².